The molecule has 9 heteroatoms. The van der Waals surface area contributed by atoms with Gasteiger partial charge >= 0.3 is 6.03 Å². The van der Waals surface area contributed by atoms with Crippen molar-refractivity contribution in [1.29, 1.82) is 0 Å². The number of benzene rings is 2. The first-order chi connectivity index (χ1) is 14.1. The van der Waals surface area contributed by atoms with Crippen molar-refractivity contribution < 1.29 is 14.3 Å². The number of ether oxygens (including phenoxy) is 2. The fourth-order valence-electron chi connectivity index (χ4n) is 2.47. The van der Waals surface area contributed by atoms with Crippen molar-refractivity contribution in [2.24, 2.45) is 4.36 Å². The van der Waals surface area contributed by atoms with Crippen LogP contribution in [0.2, 0.25) is 0 Å². The van der Waals surface area contributed by atoms with Crippen LogP contribution in [0.1, 0.15) is 19.3 Å². The molecule has 0 aliphatic heterocycles. The maximum absolute atomic E-state index is 11.3. The van der Waals surface area contributed by atoms with E-state index in [1.807, 2.05) is 30.3 Å². The van der Waals surface area contributed by atoms with Crippen molar-refractivity contribution >= 4 is 47.2 Å². The Morgan fingerprint density at radius 1 is 1.03 bits per heavy atom. The Labute approximate surface area is 181 Å². The number of nitrogens with one attached hydrogen (secondary N) is 3. The number of urea groups is 1. The quantitative estimate of drug-likeness (QED) is 0.377. The van der Waals surface area contributed by atoms with Crippen molar-refractivity contribution in [2.45, 2.75) is 19.3 Å². The highest BCUT2D eigenvalue weighted by molar-refractivity contribution is 7.80. The molecule has 0 bridgehead atoms. The molecule has 0 saturated heterocycles. The standard InChI is InChI=1S/C20H24N4O3S2/c1-26-16-11-9-15(10-12-16)22-20(28)21-13-5-2-6-14-27-18-8-4-3-7-17(18)23-19(25)24-29/h3-4,7-12H,2,5-6,13-14H2,1H3,(H,23,25)(H2,21,22,28). The molecule has 0 spiro atoms. The summed E-state index contributed by atoms with van der Waals surface area (Å²) in [5, 5.41) is 9.49. The van der Waals surface area contributed by atoms with Crippen LogP contribution in [0.3, 0.4) is 0 Å². The average Bonchev–Trinajstić information content (AvgIpc) is 2.74. The third kappa shape index (κ3) is 8.41. The molecule has 7 nitrogen and oxygen atoms in total. The lowest BCUT2D eigenvalue weighted by molar-refractivity contribution is 0.259. The number of anilines is 2. The monoisotopic (exact) mass is 432 g/mol. The van der Waals surface area contributed by atoms with E-state index in [2.05, 4.69) is 32.7 Å². The summed E-state index contributed by atoms with van der Waals surface area (Å²) in [6, 6.07) is 14.2. The zero-order valence-electron chi connectivity index (χ0n) is 16.1. The lowest BCUT2D eigenvalue weighted by Crippen LogP contribution is -2.29. The minimum absolute atomic E-state index is 0.548. The molecule has 2 rings (SSSR count). The number of carbonyl (C=O) groups is 1. The number of hydrogen-bond donors (Lipinski definition) is 3. The Morgan fingerprint density at radius 2 is 1.79 bits per heavy atom. The van der Waals surface area contributed by atoms with E-state index in [9.17, 15) is 4.79 Å². The van der Waals surface area contributed by atoms with Crippen molar-refractivity contribution in [3.63, 3.8) is 0 Å². The summed E-state index contributed by atoms with van der Waals surface area (Å²) in [4.78, 5) is 11.3. The fourth-order valence-corrected chi connectivity index (χ4v) is 2.74. The lowest BCUT2D eigenvalue weighted by atomic mass is 10.2. The SMILES string of the molecule is COc1ccc(NC(=S)NCCCCCOc2ccccc2NC(=O)N=S)cc1. The Morgan fingerprint density at radius 3 is 2.52 bits per heavy atom. The maximum atomic E-state index is 11.3. The molecule has 0 radical (unpaired) electrons. The number of carbonyl (C=O) groups excluding carboxylic acids is 1. The molecular weight excluding hydrogens is 408 g/mol. The second kappa shape index (κ2) is 12.6. The first-order valence-corrected chi connectivity index (χ1v) is 9.95. The van der Waals surface area contributed by atoms with E-state index in [4.69, 9.17) is 21.7 Å². The van der Waals surface area contributed by atoms with Gasteiger partial charge in [-0.1, -0.05) is 12.1 Å². The summed E-state index contributed by atoms with van der Waals surface area (Å²) in [6.45, 7) is 1.32. The Hall–Kier alpha value is -2.78. The molecule has 0 aliphatic rings. The molecule has 3 N–H and O–H groups in total. The number of hydrogen-bond acceptors (Lipinski definition) is 5. The molecule has 29 heavy (non-hydrogen) atoms. The van der Waals surface area contributed by atoms with Gasteiger partial charge in [0.2, 0.25) is 0 Å². The summed E-state index contributed by atoms with van der Waals surface area (Å²) in [7, 11) is 1.63. The van der Waals surface area contributed by atoms with E-state index in [1.54, 1.807) is 25.3 Å². The van der Waals surface area contributed by atoms with Crippen LogP contribution in [0.5, 0.6) is 11.5 Å². The molecule has 2 amide bonds. The van der Waals surface area contributed by atoms with Crippen molar-refractivity contribution in [2.75, 3.05) is 30.9 Å². The Kier molecular flexibility index (Phi) is 9.81. The predicted molar refractivity (Wildman–Crippen MR) is 122 cm³/mol. The van der Waals surface area contributed by atoms with Gasteiger partial charge in [0.05, 0.1) is 19.4 Å². The molecule has 0 aromatic heterocycles. The van der Waals surface area contributed by atoms with Gasteiger partial charge in [0, 0.05) is 24.7 Å². The van der Waals surface area contributed by atoms with E-state index >= 15 is 0 Å². The molecule has 0 aliphatic carbocycles. The normalized spacial score (nSPS) is 9.97. The predicted octanol–water partition coefficient (Wildman–Crippen LogP) is 4.49. The number of amides is 2. The summed E-state index contributed by atoms with van der Waals surface area (Å²) in [5.74, 6) is 1.40. The van der Waals surface area contributed by atoms with Crippen LogP contribution >= 0.6 is 12.2 Å². The van der Waals surface area contributed by atoms with Crippen LogP contribution in [-0.4, -0.2) is 31.4 Å². The van der Waals surface area contributed by atoms with Crippen molar-refractivity contribution in [1.82, 2.24) is 5.32 Å². The van der Waals surface area contributed by atoms with E-state index in [0.29, 0.717) is 23.2 Å². The number of rotatable bonds is 10. The molecule has 0 heterocycles. The van der Waals surface area contributed by atoms with E-state index < -0.39 is 6.03 Å². The smallest absolute Gasteiger partial charge is 0.356 e. The van der Waals surface area contributed by atoms with Gasteiger partial charge in [0.15, 0.2) is 5.11 Å². The van der Waals surface area contributed by atoms with Gasteiger partial charge in [-0.15, -0.1) is 4.36 Å². The van der Waals surface area contributed by atoms with E-state index in [1.165, 1.54) is 0 Å². The molecule has 2 aromatic carbocycles. The number of methoxy groups -OCH3 is 1. The topological polar surface area (TPSA) is 84.0 Å². The van der Waals surface area contributed by atoms with Crippen LogP contribution in [0.15, 0.2) is 52.9 Å². The van der Waals surface area contributed by atoms with E-state index in [0.717, 1.165) is 37.2 Å². The minimum Gasteiger partial charge on any atom is -0.497 e. The first-order valence-electron chi connectivity index (χ1n) is 9.17. The van der Waals surface area contributed by atoms with Crippen LogP contribution in [0.4, 0.5) is 16.2 Å². The first kappa shape index (κ1) is 22.5. The van der Waals surface area contributed by atoms with Crippen LogP contribution in [-0.2, 0) is 12.4 Å². The summed E-state index contributed by atoms with van der Waals surface area (Å²) in [5.41, 5.74) is 1.47. The largest absolute Gasteiger partial charge is 0.497 e. The molecule has 0 atom stereocenters. The number of thiocarbonyl (C=S) groups is 1. The van der Waals surface area contributed by atoms with Crippen molar-refractivity contribution in [3.05, 3.63) is 48.5 Å². The van der Waals surface area contributed by atoms with Crippen LogP contribution in [0, 0.1) is 0 Å². The maximum Gasteiger partial charge on any atom is 0.356 e. The van der Waals surface area contributed by atoms with Gasteiger partial charge in [-0.25, -0.2) is 4.79 Å². The summed E-state index contributed by atoms with van der Waals surface area (Å²) in [6.07, 6.45) is 2.82. The van der Waals surface area contributed by atoms with Gasteiger partial charge in [-0.05, 0) is 67.9 Å². The fraction of sp³-hybridized carbons (Fsp3) is 0.300. The highest BCUT2D eigenvalue weighted by atomic mass is 32.1. The molecule has 0 unspecified atom stereocenters. The Balaban J connectivity index is 1.59. The van der Waals surface area contributed by atoms with E-state index in [-0.39, 0.29) is 0 Å². The van der Waals surface area contributed by atoms with Crippen LogP contribution < -0.4 is 25.4 Å². The molecule has 2 aromatic rings. The second-order valence-corrected chi connectivity index (χ2v) is 6.63. The Bertz CT molecular complexity index is 816. The zero-order valence-corrected chi connectivity index (χ0v) is 17.8. The highest BCUT2D eigenvalue weighted by Crippen LogP contribution is 2.24. The van der Waals surface area contributed by atoms with Crippen LogP contribution in [0.25, 0.3) is 0 Å². The number of unbranched alkanes of at least 4 members (excludes halogenated alkanes) is 2. The van der Waals surface area contributed by atoms with Gasteiger partial charge in [-0.3, -0.25) is 0 Å². The van der Waals surface area contributed by atoms with Gasteiger partial charge in [0.1, 0.15) is 11.5 Å². The zero-order chi connectivity index (χ0) is 20.9. The molecule has 0 fully saturated rings. The minimum atomic E-state index is -0.582. The third-order valence-electron chi connectivity index (χ3n) is 3.92. The molecule has 154 valence electrons. The number of para-hydroxylation sites is 2. The third-order valence-corrected chi connectivity index (χ3v) is 4.34. The second-order valence-electron chi connectivity index (χ2n) is 6.04. The average molecular weight is 433 g/mol. The molecular formula is C20H24N4O3S2. The highest BCUT2D eigenvalue weighted by Gasteiger charge is 2.06. The number of nitrogens with zero attached hydrogens (tertiary/aromatic N) is 1. The summed E-state index contributed by atoms with van der Waals surface area (Å²) < 4.78 is 14.0. The van der Waals surface area contributed by atoms with Gasteiger partial charge < -0.3 is 25.4 Å². The van der Waals surface area contributed by atoms with Gasteiger partial charge in [0.25, 0.3) is 0 Å². The van der Waals surface area contributed by atoms with Gasteiger partial charge in [-0.2, -0.15) is 0 Å². The molecule has 0 saturated carbocycles. The van der Waals surface area contributed by atoms with Crippen molar-refractivity contribution in [3.8, 4) is 11.5 Å². The summed E-state index contributed by atoms with van der Waals surface area (Å²) >= 11 is 9.67. The lowest BCUT2D eigenvalue weighted by Gasteiger charge is -2.12.